The van der Waals surface area contributed by atoms with Gasteiger partial charge in [0.25, 0.3) is 5.91 Å². The van der Waals surface area contributed by atoms with Gasteiger partial charge in [0.15, 0.2) is 5.11 Å². The lowest BCUT2D eigenvalue weighted by Gasteiger charge is -2.09. The summed E-state index contributed by atoms with van der Waals surface area (Å²) in [6.07, 6.45) is 1.67. The normalized spacial score (nSPS) is 9.81. The number of hydrogen-bond acceptors (Lipinski definition) is 4. The number of benzene rings is 1. The average Bonchev–Trinajstić information content (AvgIpc) is 2.47. The zero-order valence-corrected chi connectivity index (χ0v) is 12.5. The molecule has 2 aromatic rings. The second-order valence-corrected chi connectivity index (χ2v) is 4.77. The van der Waals surface area contributed by atoms with Crippen molar-refractivity contribution >= 4 is 29.1 Å². The third-order valence-corrected chi connectivity index (χ3v) is 2.92. The molecule has 0 atom stereocenters. The molecule has 0 unspecified atom stereocenters. The highest BCUT2D eigenvalue weighted by molar-refractivity contribution is 7.80. The largest absolute Gasteiger partial charge is 0.497 e. The molecule has 0 aliphatic heterocycles. The van der Waals surface area contributed by atoms with Crippen molar-refractivity contribution in [2.24, 2.45) is 0 Å². The number of hydrogen-bond donors (Lipinski definition) is 2. The minimum Gasteiger partial charge on any atom is -0.497 e. The van der Waals surface area contributed by atoms with Gasteiger partial charge in [0, 0.05) is 11.8 Å². The van der Waals surface area contributed by atoms with Gasteiger partial charge in [-0.05, 0) is 55.0 Å². The minimum absolute atomic E-state index is 0.195. The summed E-state index contributed by atoms with van der Waals surface area (Å²) in [7, 11) is 1.55. The first-order valence-electron chi connectivity index (χ1n) is 6.27. The van der Waals surface area contributed by atoms with Crippen molar-refractivity contribution in [3.8, 4) is 5.75 Å². The van der Waals surface area contributed by atoms with Gasteiger partial charge in [0.1, 0.15) is 11.6 Å². The predicted octanol–water partition coefficient (Wildman–Crippen LogP) is 2.53. The van der Waals surface area contributed by atoms with Crippen LogP contribution < -0.4 is 15.4 Å². The van der Waals surface area contributed by atoms with Crippen LogP contribution in [0.25, 0.3) is 0 Å². The van der Waals surface area contributed by atoms with Crippen molar-refractivity contribution in [1.82, 2.24) is 10.3 Å². The summed E-state index contributed by atoms with van der Waals surface area (Å²) in [5.74, 6) is 0.895. The fourth-order valence-electron chi connectivity index (χ4n) is 1.69. The van der Waals surface area contributed by atoms with Crippen LogP contribution >= 0.6 is 12.2 Å². The molecule has 0 radical (unpaired) electrons. The Kier molecular flexibility index (Phi) is 4.84. The van der Waals surface area contributed by atoms with Gasteiger partial charge >= 0.3 is 0 Å². The molecule has 0 spiro atoms. The van der Waals surface area contributed by atoms with E-state index in [4.69, 9.17) is 17.0 Å². The standard InChI is InChI=1S/C15H15N3O2S/c1-10-6-7-16-13(8-10)17-15(21)18-14(19)11-4-3-5-12(9-11)20-2/h3-9H,1-2H3,(H2,16,17,18,19,21). The molecule has 0 aliphatic carbocycles. The Hall–Kier alpha value is -2.47. The second-order valence-electron chi connectivity index (χ2n) is 4.36. The van der Waals surface area contributed by atoms with Crippen LogP contribution in [0.1, 0.15) is 15.9 Å². The zero-order valence-electron chi connectivity index (χ0n) is 11.7. The molecule has 108 valence electrons. The fourth-order valence-corrected chi connectivity index (χ4v) is 1.89. The van der Waals surface area contributed by atoms with Crippen LogP contribution in [0.15, 0.2) is 42.6 Å². The number of methoxy groups -OCH3 is 1. The van der Waals surface area contributed by atoms with Crippen molar-refractivity contribution in [1.29, 1.82) is 0 Å². The highest BCUT2D eigenvalue weighted by atomic mass is 32.1. The van der Waals surface area contributed by atoms with Crippen LogP contribution in [-0.4, -0.2) is 23.1 Å². The van der Waals surface area contributed by atoms with Crippen LogP contribution in [0, 0.1) is 6.92 Å². The molecule has 0 saturated heterocycles. The third kappa shape index (κ3) is 4.25. The molecule has 0 bridgehead atoms. The first-order chi connectivity index (χ1) is 10.1. The van der Waals surface area contributed by atoms with E-state index in [-0.39, 0.29) is 11.0 Å². The molecular weight excluding hydrogens is 286 g/mol. The Labute approximate surface area is 128 Å². The monoisotopic (exact) mass is 301 g/mol. The number of amides is 1. The molecule has 0 saturated carbocycles. The van der Waals surface area contributed by atoms with Crippen LogP contribution in [0.2, 0.25) is 0 Å². The lowest BCUT2D eigenvalue weighted by molar-refractivity contribution is 0.0977. The van der Waals surface area contributed by atoms with E-state index in [2.05, 4.69) is 15.6 Å². The van der Waals surface area contributed by atoms with Gasteiger partial charge in [-0.25, -0.2) is 4.98 Å². The van der Waals surface area contributed by atoms with E-state index in [1.807, 2.05) is 19.1 Å². The number of aryl methyl sites for hydroxylation is 1. The Morgan fingerprint density at radius 2 is 2.10 bits per heavy atom. The van der Waals surface area contributed by atoms with Gasteiger partial charge < -0.3 is 10.1 Å². The van der Waals surface area contributed by atoms with E-state index in [9.17, 15) is 4.79 Å². The quantitative estimate of drug-likeness (QED) is 0.853. The Bertz CT molecular complexity index is 673. The Balaban J connectivity index is 2.00. The number of carbonyl (C=O) groups excluding carboxylic acids is 1. The smallest absolute Gasteiger partial charge is 0.257 e. The lowest BCUT2D eigenvalue weighted by Crippen LogP contribution is -2.34. The van der Waals surface area contributed by atoms with E-state index in [1.165, 1.54) is 0 Å². The average molecular weight is 301 g/mol. The molecule has 1 aromatic carbocycles. The number of pyridine rings is 1. The van der Waals surface area contributed by atoms with E-state index in [1.54, 1.807) is 37.6 Å². The summed E-state index contributed by atoms with van der Waals surface area (Å²) in [5, 5.41) is 5.67. The summed E-state index contributed by atoms with van der Waals surface area (Å²) in [4.78, 5) is 16.2. The van der Waals surface area contributed by atoms with Crippen LogP contribution in [0.5, 0.6) is 5.75 Å². The highest BCUT2D eigenvalue weighted by Crippen LogP contribution is 2.12. The maximum Gasteiger partial charge on any atom is 0.257 e. The molecular formula is C15H15N3O2S. The molecule has 2 N–H and O–H groups in total. The summed E-state index contributed by atoms with van der Waals surface area (Å²) in [6, 6.07) is 10.6. The molecule has 21 heavy (non-hydrogen) atoms. The summed E-state index contributed by atoms with van der Waals surface area (Å²) >= 11 is 5.10. The van der Waals surface area contributed by atoms with Gasteiger partial charge in [0.2, 0.25) is 0 Å². The van der Waals surface area contributed by atoms with Crippen molar-refractivity contribution in [3.63, 3.8) is 0 Å². The van der Waals surface area contributed by atoms with Crippen molar-refractivity contribution in [2.75, 3.05) is 12.4 Å². The highest BCUT2D eigenvalue weighted by Gasteiger charge is 2.09. The third-order valence-electron chi connectivity index (χ3n) is 2.72. The molecule has 0 fully saturated rings. The van der Waals surface area contributed by atoms with Crippen LogP contribution in [-0.2, 0) is 0 Å². The van der Waals surface area contributed by atoms with Gasteiger partial charge in [-0.3, -0.25) is 10.1 Å². The Morgan fingerprint density at radius 3 is 2.81 bits per heavy atom. The van der Waals surface area contributed by atoms with Gasteiger partial charge in [-0.15, -0.1) is 0 Å². The van der Waals surface area contributed by atoms with Crippen molar-refractivity contribution < 1.29 is 9.53 Å². The number of anilines is 1. The van der Waals surface area contributed by atoms with Gasteiger partial charge in [0.05, 0.1) is 7.11 Å². The molecule has 1 aromatic heterocycles. The summed E-state index contributed by atoms with van der Waals surface area (Å²) in [6.45, 7) is 1.95. The maximum absolute atomic E-state index is 12.1. The molecule has 1 heterocycles. The number of ether oxygens (including phenoxy) is 1. The maximum atomic E-state index is 12.1. The van der Waals surface area contributed by atoms with Crippen LogP contribution in [0.3, 0.4) is 0 Å². The summed E-state index contributed by atoms with van der Waals surface area (Å²) in [5.41, 5.74) is 1.52. The Morgan fingerprint density at radius 1 is 1.29 bits per heavy atom. The molecule has 1 amide bonds. The first-order valence-corrected chi connectivity index (χ1v) is 6.68. The predicted molar refractivity (Wildman–Crippen MR) is 85.7 cm³/mol. The SMILES string of the molecule is COc1cccc(C(=O)NC(=S)Nc2cc(C)ccn2)c1. The van der Waals surface area contributed by atoms with E-state index < -0.39 is 0 Å². The first kappa shape index (κ1) is 14.9. The number of carbonyl (C=O) groups is 1. The number of nitrogens with one attached hydrogen (secondary N) is 2. The minimum atomic E-state index is -0.306. The van der Waals surface area contributed by atoms with Gasteiger partial charge in [-0.2, -0.15) is 0 Å². The second kappa shape index (κ2) is 6.81. The van der Waals surface area contributed by atoms with Crippen molar-refractivity contribution in [3.05, 3.63) is 53.7 Å². The number of rotatable bonds is 3. The molecule has 6 heteroatoms. The molecule has 2 rings (SSSR count). The number of aromatic nitrogens is 1. The topological polar surface area (TPSA) is 63.2 Å². The van der Waals surface area contributed by atoms with E-state index >= 15 is 0 Å². The number of thiocarbonyl (C=S) groups is 1. The van der Waals surface area contributed by atoms with Gasteiger partial charge in [-0.1, -0.05) is 6.07 Å². The van der Waals surface area contributed by atoms with E-state index in [0.717, 1.165) is 5.56 Å². The lowest BCUT2D eigenvalue weighted by atomic mass is 10.2. The van der Waals surface area contributed by atoms with E-state index in [0.29, 0.717) is 17.1 Å². The summed E-state index contributed by atoms with van der Waals surface area (Å²) < 4.78 is 5.08. The molecule has 5 nitrogen and oxygen atoms in total. The molecule has 0 aliphatic rings. The van der Waals surface area contributed by atoms with Crippen LogP contribution in [0.4, 0.5) is 5.82 Å². The zero-order chi connectivity index (χ0) is 15.2. The fraction of sp³-hybridized carbons (Fsp3) is 0.133. The number of nitrogens with zero attached hydrogens (tertiary/aromatic N) is 1. The van der Waals surface area contributed by atoms with Crippen molar-refractivity contribution in [2.45, 2.75) is 6.92 Å².